The number of halogens is 1. The Morgan fingerprint density at radius 3 is 1.25 bits per heavy atom. The van der Waals surface area contributed by atoms with Gasteiger partial charge in [-0.3, -0.25) is 0 Å². The first-order valence-electron chi connectivity index (χ1n) is 0.447. The highest BCUT2D eigenvalue weighted by Gasteiger charge is 0.839. The molecule has 0 aliphatic carbocycles. The Morgan fingerprint density at radius 1 is 1.25 bits per heavy atom. The quantitative estimate of drug-likeness (QED) is 0.441. The van der Waals surface area contributed by atoms with E-state index in [1.807, 2.05) is 0 Å². The second-order valence-electron chi connectivity index (χ2n) is 0. The lowest BCUT2D eigenvalue weighted by molar-refractivity contribution is 0.399. The van der Waals surface area contributed by atoms with E-state index in [2.05, 4.69) is 0 Å². The molecule has 0 spiro atoms. The molecule has 2 nitrogen and oxygen atoms in total. The standard InChI is InChI=1S/CH4O.ClH.H3N/c1-2;;/h2H,1H3;1H;1H3. The van der Waals surface area contributed by atoms with Crippen molar-refractivity contribution in [2.24, 2.45) is 0 Å². The summed E-state index contributed by atoms with van der Waals surface area (Å²) in [5.41, 5.74) is 0. The van der Waals surface area contributed by atoms with Gasteiger partial charge in [0.05, 0.1) is 0 Å². The summed E-state index contributed by atoms with van der Waals surface area (Å²) < 4.78 is 0. The molecule has 0 saturated heterocycles. The fraction of sp³-hybridized carbons (Fsp3) is 1.00. The van der Waals surface area contributed by atoms with Gasteiger partial charge in [0.2, 0.25) is 0 Å². The number of hydrogen-bond acceptors (Lipinski definition) is 2. The average molecular weight is 85.5 g/mol. The third-order valence-corrected chi connectivity index (χ3v) is 0. The molecule has 0 aromatic carbocycles. The summed E-state index contributed by atoms with van der Waals surface area (Å²) in [6.07, 6.45) is 0. The van der Waals surface area contributed by atoms with Crippen molar-refractivity contribution in [3.8, 4) is 0 Å². The first-order valence-corrected chi connectivity index (χ1v) is 0.447. The average Bonchev–Trinajstić information content (AvgIpc) is 1.00. The van der Waals surface area contributed by atoms with Crippen molar-refractivity contribution in [3.05, 3.63) is 0 Å². The van der Waals surface area contributed by atoms with Crippen molar-refractivity contribution < 1.29 is 5.11 Å². The molecular weight excluding hydrogens is 77.5 g/mol. The van der Waals surface area contributed by atoms with Gasteiger partial charge in [-0.2, -0.15) is 0 Å². The second kappa shape index (κ2) is 356. The molecule has 0 aliphatic rings. The highest BCUT2D eigenvalue weighted by molar-refractivity contribution is 5.85. The van der Waals surface area contributed by atoms with Crippen molar-refractivity contribution in [1.82, 2.24) is 6.15 Å². The largest absolute Gasteiger partial charge is 0.400 e. The predicted molar refractivity (Wildman–Crippen MR) is 20.4 cm³/mol. The molecular formula is CH8ClNO. The molecule has 0 heterocycles. The van der Waals surface area contributed by atoms with Crippen molar-refractivity contribution in [3.63, 3.8) is 0 Å². The summed E-state index contributed by atoms with van der Waals surface area (Å²) in [7, 11) is 1.00. The summed E-state index contributed by atoms with van der Waals surface area (Å²) in [5.74, 6) is 0. The number of hydrogen-bond donors (Lipinski definition) is 2. The highest BCUT2D eigenvalue weighted by Crippen LogP contribution is 0.755. The fourth-order valence-corrected chi connectivity index (χ4v) is 0. The van der Waals surface area contributed by atoms with E-state index in [0.29, 0.717) is 0 Å². The predicted octanol–water partition coefficient (Wildman–Crippen LogP) is 0.192. The molecule has 0 fully saturated rings. The van der Waals surface area contributed by atoms with Crippen LogP contribution in [0.1, 0.15) is 0 Å². The maximum atomic E-state index is 7.00. The first-order chi connectivity index (χ1) is 1.00. The Morgan fingerprint density at radius 2 is 1.25 bits per heavy atom. The van der Waals surface area contributed by atoms with Gasteiger partial charge in [-0.1, -0.05) is 0 Å². The third-order valence-electron chi connectivity index (χ3n) is 0. The SMILES string of the molecule is CO.Cl.N. The van der Waals surface area contributed by atoms with E-state index in [1.165, 1.54) is 0 Å². The molecule has 30 valence electrons. The Balaban J connectivity index is -0.00000000500. The summed E-state index contributed by atoms with van der Waals surface area (Å²) >= 11 is 0. The Bertz CT molecular complexity index is 8.00. The highest BCUT2D eigenvalue weighted by atomic mass is 35.5. The van der Waals surface area contributed by atoms with Gasteiger partial charge >= 0.3 is 0 Å². The third kappa shape index (κ3) is 73.4. The van der Waals surface area contributed by atoms with Crippen LogP contribution in [0.4, 0.5) is 0 Å². The Hall–Kier alpha value is 0.210. The van der Waals surface area contributed by atoms with E-state index >= 15 is 0 Å². The number of aliphatic hydroxyl groups excluding tert-OH is 1. The van der Waals surface area contributed by atoms with E-state index in [4.69, 9.17) is 5.11 Å². The van der Waals surface area contributed by atoms with E-state index in [0.717, 1.165) is 7.11 Å². The van der Waals surface area contributed by atoms with Crippen LogP contribution in [-0.4, -0.2) is 12.2 Å². The minimum atomic E-state index is 0. The molecule has 3 heteroatoms. The van der Waals surface area contributed by atoms with Crippen LogP contribution in [0.15, 0.2) is 0 Å². The van der Waals surface area contributed by atoms with E-state index in [9.17, 15) is 0 Å². The normalized spacial score (nSPS) is 1.50. The lowest BCUT2D eigenvalue weighted by atomic mass is 11.8. The minimum Gasteiger partial charge on any atom is -0.400 e. The van der Waals surface area contributed by atoms with Gasteiger partial charge in [0.1, 0.15) is 0 Å². The van der Waals surface area contributed by atoms with Crippen LogP contribution in [0, 0.1) is 0 Å². The maximum Gasteiger partial charge on any atom is 0.0319 e. The van der Waals surface area contributed by atoms with Crippen LogP contribution in [0.2, 0.25) is 0 Å². The van der Waals surface area contributed by atoms with Gasteiger partial charge in [0, 0.05) is 7.11 Å². The van der Waals surface area contributed by atoms with E-state index < -0.39 is 0 Å². The molecule has 0 saturated carbocycles. The monoisotopic (exact) mass is 85.0 g/mol. The van der Waals surface area contributed by atoms with Crippen LogP contribution in [0.25, 0.3) is 0 Å². The van der Waals surface area contributed by atoms with Crippen LogP contribution in [0.5, 0.6) is 0 Å². The van der Waals surface area contributed by atoms with Gasteiger partial charge in [-0.15, -0.1) is 12.4 Å². The smallest absolute Gasteiger partial charge is 0.0319 e. The van der Waals surface area contributed by atoms with E-state index in [-0.39, 0.29) is 18.6 Å². The van der Waals surface area contributed by atoms with Gasteiger partial charge in [-0.05, 0) is 0 Å². The van der Waals surface area contributed by atoms with Gasteiger partial charge < -0.3 is 11.3 Å². The lowest BCUT2D eigenvalue weighted by Gasteiger charge is -1.21. The molecule has 0 radical (unpaired) electrons. The van der Waals surface area contributed by atoms with Crippen molar-refractivity contribution in [2.75, 3.05) is 7.11 Å². The van der Waals surface area contributed by atoms with Gasteiger partial charge in [0.25, 0.3) is 0 Å². The maximum absolute atomic E-state index is 7.00. The molecule has 0 bridgehead atoms. The molecule has 4 N–H and O–H groups in total. The number of rotatable bonds is 0. The summed E-state index contributed by atoms with van der Waals surface area (Å²) in [6, 6.07) is 0. The van der Waals surface area contributed by atoms with Crippen molar-refractivity contribution in [2.45, 2.75) is 0 Å². The Labute approximate surface area is 31.8 Å². The zero-order valence-corrected chi connectivity index (χ0v) is 3.38. The zero-order valence-electron chi connectivity index (χ0n) is 2.56. The molecule has 0 amide bonds. The van der Waals surface area contributed by atoms with Gasteiger partial charge in [-0.25, -0.2) is 0 Å². The molecule has 0 aliphatic heterocycles. The molecule has 0 rings (SSSR count). The van der Waals surface area contributed by atoms with Crippen molar-refractivity contribution in [1.29, 1.82) is 0 Å². The van der Waals surface area contributed by atoms with Crippen LogP contribution in [0.3, 0.4) is 0 Å². The molecule has 0 atom stereocenters. The molecule has 0 aromatic rings. The summed E-state index contributed by atoms with van der Waals surface area (Å²) in [6.45, 7) is 0. The zero-order chi connectivity index (χ0) is 2.00. The van der Waals surface area contributed by atoms with Crippen LogP contribution in [-0.2, 0) is 0 Å². The molecule has 4 heavy (non-hydrogen) atoms. The molecule has 0 aromatic heterocycles. The van der Waals surface area contributed by atoms with Gasteiger partial charge in [0.15, 0.2) is 0 Å². The van der Waals surface area contributed by atoms with Crippen LogP contribution >= 0.6 is 12.4 Å². The summed E-state index contributed by atoms with van der Waals surface area (Å²) in [5, 5.41) is 7.00. The fourth-order valence-electron chi connectivity index (χ4n) is 0. The van der Waals surface area contributed by atoms with Crippen LogP contribution < -0.4 is 6.15 Å². The minimum absolute atomic E-state index is 0. The molecule has 0 unspecified atom stereocenters. The van der Waals surface area contributed by atoms with E-state index in [1.54, 1.807) is 0 Å². The van der Waals surface area contributed by atoms with Crippen molar-refractivity contribution >= 4 is 12.4 Å². The number of aliphatic hydroxyl groups is 1. The Kier molecular flexibility index (Phi) is 2630. The summed E-state index contributed by atoms with van der Waals surface area (Å²) in [4.78, 5) is 0. The topological polar surface area (TPSA) is 55.2 Å². The lowest BCUT2D eigenvalue weighted by Crippen LogP contribution is -1.25. The first kappa shape index (κ1) is 29.6. The second-order valence-corrected chi connectivity index (χ2v) is 0.